The zero-order valence-corrected chi connectivity index (χ0v) is 19.0. The topological polar surface area (TPSA) is 137 Å². The highest BCUT2D eigenvalue weighted by Gasteiger charge is 2.27. The lowest BCUT2D eigenvalue weighted by Gasteiger charge is -2.20. The van der Waals surface area contributed by atoms with Gasteiger partial charge in [0.2, 0.25) is 0 Å². The Balaban J connectivity index is 1.92. The molecule has 0 unspecified atom stereocenters. The van der Waals surface area contributed by atoms with Gasteiger partial charge in [0.15, 0.2) is 6.61 Å². The van der Waals surface area contributed by atoms with E-state index in [1.165, 1.54) is 12.1 Å². The Kier molecular flexibility index (Phi) is 9.17. The number of amides is 2. The molecule has 2 aromatic rings. The third kappa shape index (κ3) is 7.46. The molecule has 0 saturated heterocycles. The second kappa shape index (κ2) is 11.8. The molecule has 0 saturated carbocycles. The highest BCUT2D eigenvalue weighted by atomic mass is 35.5. The predicted octanol–water partition coefficient (Wildman–Crippen LogP) is 2.87. The number of hydrogen-bond donors (Lipinski definition) is 2. The van der Waals surface area contributed by atoms with Gasteiger partial charge in [-0.2, -0.15) is 0 Å². The number of nitro benzene ring substituents is 1. The molecular weight excluding hydrogens is 454 g/mol. The first-order valence-electron chi connectivity index (χ1n) is 9.93. The van der Waals surface area contributed by atoms with E-state index in [-0.39, 0.29) is 23.0 Å². The molecule has 33 heavy (non-hydrogen) atoms. The predicted molar refractivity (Wildman–Crippen MR) is 120 cm³/mol. The summed E-state index contributed by atoms with van der Waals surface area (Å²) in [6, 6.07) is 9.57. The first-order valence-corrected chi connectivity index (χ1v) is 10.3. The zero-order chi connectivity index (χ0) is 24.5. The van der Waals surface area contributed by atoms with Crippen molar-refractivity contribution in [3.05, 3.63) is 68.7 Å². The molecule has 0 radical (unpaired) electrons. The fraction of sp³-hybridized carbons (Fsp3) is 0.318. The molecule has 11 heteroatoms. The monoisotopic (exact) mass is 477 g/mol. The molecule has 0 aliphatic heterocycles. The van der Waals surface area contributed by atoms with E-state index >= 15 is 0 Å². The number of nitrogens with zero attached hydrogens (tertiary/aromatic N) is 1. The normalized spacial score (nSPS) is 11.4. The molecule has 0 aromatic heterocycles. The van der Waals surface area contributed by atoms with Gasteiger partial charge < -0.3 is 20.1 Å². The molecule has 0 aliphatic carbocycles. The van der Waals surface area contributed by atoms with Crippen molar-refractivity contribution >= 4 is 35.1 Å². The average Bonchev–Trinajstić information content (AvgIpc) is 2.79. The van der Waals surface area contributed by atoms with Crippen molar-refractivity contribution in [3.8, 4) is 5.75 Å². The van der Waals surface area contributed by atoms with Crippen LogP contribution in [0, 0.1) is 16.0 Å². The van der Waals surface area contributed by atoms with E-state index in [9.17, 15) is 24.5 Å². The Morgan fingerprint density at radius 3 is 2.36 bits per heavy atom. The number of carbonyl (C=O) groups is 3. The summed E-state index contributed by atoms with van der Waals surface area (Å²) >= 11 is 5.76. The van der Waals surface area contributed by atoms with Crippen LogP contribution in [0.25, 0.3) is 0 Å². The first-order chi connectivity index (χ1) is 15.6. The van der Waals surface area contributed by atoms with Gasteiger partial charge in [0.1, 0.15) is 16.8 Å². The molecule has 176 valence electrons. The fourth-order valence-corrected chi connectivity index (χ4v) is 2.92. The minimum Gasteiger partial charge on any atom is -0.497 e. The summed E-state index contributed by atoms with van der Waals surface area (Å²) in [4.78, 5) is 47.3. The number of nitro groups is 1. The van der Waals surface area contributed by atoms with E-state index in [2.05, 4.69) is 10.6 Å². The highest BCUT2D eigenvalue weighted by Crippen LogP contribution is 2.25. The maximum absolute atomic E-state index is 12.5. The smallest absolute Gasteiger partial charge is 0.329 e. The number of carbonyl (C=O) groups excluding carboxylic acids is 3. The summed E-state index contributed by atoms with van der Waals surface area (Å²) in [7, 11) is 1.55. The zero-order valence-electron chi connectivity index (χ0n) is 18.3. The third-order valence-corrected chi connectivity index (χ3v) is 4.93. The number of halogens is 1. The van der Waals surface area contributed by atoms with E-state index in [1.807, 2.05) is 0 Å². The lowest BCUT2D eigenvalue weighted by molar-refractivity contribution is -0.384. The van der Waals surface area contributed by atoms with Crippen LogP contribution in [-0.4, -0.2) is 42.5 Å². The Bertz CT molecular complexity index is 1030. The summed E-state index contributed by atoms with van der Waals surface area (Å²) in [5.41, 5.74) is 0.364. The number of esters is 1. The van der Waals surface area contributed by atoms with E-state index in [4.69, 9.17) is 21.1 Å². The van der Waals surface area contributed by atoms with Gasteiger partial charge in [-0.1, -0.05) is 37.6 Å². The van der Waals surface area contributed by atoms with Crippen LogP contribution in [0.4, 0.5) is 5.69 Å². The van der Waals surface area contributed by atoms with Gasteiger partial charge in [0, 0.05) is 18.2 Å². The molecule has 0 spiro atoms. The Morgan fingerprint density at radius 2 is 1.79 bits per heavy atom. The molecule has 1 atom stereocenters. The van der Waals surface area contributed by atoms with Gasteiger partial charge in [-0.3, -0.25) is 19.7 Å². The maximum atomic E-state index is 12.5. The summed E-state index contributed by atoms with van der Waals surface area (Å²) in [6.45, 7) is 3.07. The summed E-state index contributed by atoms with van der Waals surface area (Å²) in [5, 5.41) is 16.0. The number of benzene rings is 2. The van der Waals surface area contributed by atoms with Crippen LogP contribution in [0.1, 0.15) is 29.8 Å². The summed E-state index contributed by atoms with van der Waals surface area (Å²) < 4.78 is 10.1. The SMILES string of the molecule is COc1ccc(CNC(=O)COC(=O)[C@@H](NC(=O)c2ccc(Cl)c([N+](=O)[O-])c2)C(C)C)cc1. The third-order valence-electron chi connectivity index (χ3n) is 4.61. The van der Waals surface area contributed by atoms with Crippen molar-refractivity contribution in [2.24, 2.45) is 5.92 Å². The van der Waals surface area contributed by atoms with Crippen molar-refractivity contribution in [1.82, 2.24) is 10.6 Å². The first kappa shape index (κ1) is 25.6. The van der Waals surface area contributed by atoms with E-state index in [0.717, 1.165) is 11.6 Å². The number of hydrogen-bond acceptors (Lipinski definition) is 7. The molecule has 0 heterocycles. The molecule has 2 aromatic carbocycles. The van der Waals surface area contributed by atoms with Crippen LogP contribution < -0.4 is 15.4 Å². The van der Waals surface area contributed by atoms with Crippen molar-refractivity contribution < 1.29 is 28.8 Å². The van der Waals surface area contributed by atoms with Crippen molar-refractivity contribution in [3.63, 3.8) is 0 Å². The van der Waals surface area contributed by atoms with Gasteiger partial charge in [-0.15, -0.1) is 0 Å². The van der Waals surface area contributed by atoms with Crippen molar-refractivity contribution in [2.75, 3.05) is 13.7 Å². The summed E-state index contributed by atoms with van der Waals surface area (Å²) in [6.07, 6.45) is 0. The highest BCUT2D eigenvalue weighted by molar-refractivity contribution is 6.32. The van der Waals surface area contributed by atoms with Gasteiger partial charge in [-0.25, -0.2) is 4.79 Å². The standard InChI is InChI=1S/C22H24ClN3O7/c1-13(2)20(25-21(28)15-6-9-17(23)18(10-15)26(30)31)22(29)33-12-19(27)24-11-14-4-7-16(32-3)8-5-14/h4-10,13,20H,11-12H2,1-3H3,(H,24,27)(H,25,28)/t20-/m0/s1. The lowest BCUT2D eigenvalue weighted by atomic mass is 10.0. The molecule has 2 rings (SSSR count). The molecule has 10 nitrogen and oxygen atoms in total. The quantitative estimate of drug-likeness (QED) is 0.305. The van der Waals surface area contributed by atoms with E-state index in [1.54, 1.807) is 45.2 Å². The Labute approximate surface area is 195 Å². The minimum absolute atomic E-state index is 0.0400. The molecular formula is C22H24ClN3O7. The molecule has 0 fully saturated rings. The number of ether oxygens (including phenoxy) is 2. The second-order valence-electron chi connectivity index (χ2n) is 7.35. The molecule has 2 amide bonds. The number of rotatable bonds is 10. The minimum atomic E-state index is -1.07. The lowest BCUT2D eigenvalue weighted by Crippen LogP contribution is -2.46. The average molecular weight is 478 g/mol. The van der Waals surface area contributed by atoms with Crippen LogP contribution >= 0.6 is 11.6 Å². The number of methoxy groups -OCH3 is 1. The van der Waals surface area contributed by atoms with Crippen LogP contribution in [0.3, 0.4) is 0 Å². The van der Waals surface area contributed by atoms with E-state index in [0.29, 0.717) is 5.75 Å². The second-order valence-corrected chi connectivity index (χ2v) is 7.76. The van der Waals surface area contributed by atoms with Crippen LogP contribution in [0.15, 0.2) is 42.5 Å². The van der Waals surface area contributed by atoms with Gasteiger partial charge in [-0.05, 0) is 35.7 Å². The molecule has 0 aliphatic rings. The molecule has 0 bridgehead atoms. The Hall–Kier alpha value is -3.66. The van der Waals surface area contributed by atoms with Crippen LogP contribution in [0.2, 0.25) is 5.02 Å². The van der Waals surface area contributed by atoms with Crippen LogP contribution in [0.5, 0.6) is 5.75 Å². The van der Waals surface area contributed by atoms with Crippen molar-refractivity contribution in [2.45, 2.75) is 26.4 Å². The summed E-state index contributed by atoms with van der Waals surface area (Å²) in [5.74, 6) is -1.71. The largest absolute Gasteiger partial charge is 0.497 e. The fourth-order valence-electron chi connectivity index (χ4n) is 2.74. The van der Waals surface area contributed by atoms with Crippen molar-refractivity contribution in [1.29, 1.82) is 0 Å². The maximum Gasteiger partial charge on any atom is 0.329 e. The van der Waals surface area contributed by atoms with Gasteiger partial charge in [0.25, 0.3) is 17.5 Å². The van der Waals surface area contributed by atoms with Gasteiger partial charge >= 0.3 is 5.97 Å². The van der Waals surface area contributed by atoms with E-state index < -0.39 is 41.0 Å². The molecule has 2 N–H and O–H groups in total. The van der Waals surface area contributed by atoms with Gasteiger partial charge in [0.05, 0.1) is 12.0 Å². The number of nitrogens with one attached hydrogen (secondary N) is 2. The van der Waals surface area contributed by atoms with Crippen LogP contribution in [-0.2, 0) is 20.9 Å². The Morgan fingerprint density at radius 1 is 1.12 bits per heavy atom.